The molecule has 1 aromatic heterocycles. The Morgan fingerprint density at radius 3 is 2.57 bits per heavy atom. The van der Waals surface area contributed by atoms with Crippen LogP contribution in [0.1, 0.15) is 30.6 Å². The van der Waals surface area contributed by atoms with Crippen LogP contribution in [0.4, 0.5) is 5.69 Å². The van der Waals surface area contributed by atoms with Crippen molar-refractivity contribution in [1.82, 2.24) is 4.57 Å². The van der Waals surface area contributed by atoms with Crippen LogP contribution in [-0.4, -0.2) is 35.3 Å². The van der Waals surface area contributed by atoms with Crippen LogP contribution in [0.25, 0.3) is 11.6 Å². The molecule has 0 saturated heterocycles. The van der Waals surface area contributed by atoms with Crippen molar-refractivity contribution in [2.45, 2.75) is 20.3 Å². The van der Waals surface area contributed by atoms with Gasteiger partial charge in [0.25, 0.3) is 11.5 Å². The number of aliphatic hydroxyl groups is 1. The summed E-state index contributed by atoms with van der Waals surface area (Å²) in [6, 6.07) is 9.10. The number of rotatable bonds is 8. The quantitative estimate of drug-likeness (QED) is 0.651. The Morgan fingerprint density at radius 1 is 1.33 bits per heavy atom. The van der Waals surface area contributed by atoms with Crippen molar-refractivity contribution in [3.05, 3.63) is 69.0 Å². The van der Waals surface area contributed by atoms with Gasteiger partial charge in [-0.25, -0.2) is 0 Å². The molecule has 160 valence electrons. The van der Waals surface area contributed by atoms with Crippen LogP contribution in [0.5, 0.6) is 5.75 Å². The van der Waals surface area contributed by atoms with Gasteiger partial charge in [-0.2, -0.15) is 0 Å². The summed E-state index contributed by atoms with van der Waals surface area (Å²) in [6.07, 6.45) is 3.73. The van der Waals surface area contributed by atoms with Gasteiger partial charge in [0.05, 0.1) is 16.9 Å². The molecular weight excluding hydrogens is 404 g/mol. The average Bonchev–Trinajstić information content (AvgIpc) is 2.74. The maximum absolute atomic E-state index is 13.5. The molecular formula is C23H27ClN2O4. The number of ether oxygens (including phenoxy) is 1. The predicted molar refractivity (Wildman–Crippen MR) is 122 cm³/mol. The van der Waals surface area contributed by atoms with Gasteiger partial charge in [-0.1, -0.05) is 42.5 Å². The van der Waals surface area contributed by atoms with Crippen LogP contribution in [0.3, 0.4) is 0 Å². The Kier molecular flexibility index (Phi) is 8.45. The van der Waals surface area contributed by atoms with Gasteiger partial charge in [0.2, 0.25) is 0 Å². The van der Waals surface area contributed by atoms with Crippen LogP contribution in [-0.2, 0) is 7.05 Å². The number of pyridine rings is 1. The lowest BCUT2D eigenvalue weighted by Crippen LogP contribution is -2.47. The lowest BCUT2D eigenvalue weighted by molar-refractivity contribution is 0.0981. The maximum atomic E-state index is 13.5. The van der Waals surface area contributed by atoms with E-state index in [1.807, 2.05) is 25.1 Å². The van der Waals surface area contributed by atoms with Gasteiger partial charge >= 0.3 is 0 Å². The van der Waals surface area contributed by atoms with Crippen molar-refractivity contribution in [3.63, 3.8) is 0 Å². The summed E-state index contributed by atoms with van der Waals surface area (Å²) in [6.45, 7) is 7.99. The van der Waals surface area contributed by atoms with E-state index in [2.05, 4.69) is 6.58 Å². The lowest BCUT2D eigenvalue weighted by Gasteiger charge is -2.23. The van der Waals surface area contributed by atoms with E-state index in [4.69, 9.17) is 21.4 Å². The van der Waals surface area contributed by atoms with Crippen molar-refractivity contribution in [2.24, 2.45) is 7.05 Å². The SMILES string of the molecule is C=c1/c(=C(Cl)\C=C/C)c(OCCCO)c(C(=O)N(CC)c2ccccc2)c(=O)n1C. The molecule has 0 bridgehead atoms. The second-order valence-electron chi connectivity index (χ2n) is 6.55. The molecule has 6 nitrogen and oxygen atoms in total. The molecule has 30 heavy (non-hydrogen) atoms. The largest absolute Gasteiger partial charge is 0.492 e. The summed E-state index contributed by atoms with van der Waals surface area (Å²) >= 11 is 6.48. The Bertz CT molecular complexity index is 1090. The number of hydrogen-bond acceptors (Lipinski definition) is 4. The third kappa shape index (κ3) is 4.83. The zero-order valence-corrected chi connectivity index (χ0v) is 18.3. The number of hydrogen-bond donors (Lipinski definition) is 1. The molecule has 0 saturated carbocycles. The normalized spacial score (nSPS) is 12.2. The van der Waals surface area contributed by atoms with Crippen molar-refractivity contribution >= 4 is 34.8 Å². The zero-order valence-electron chi connectivity index (χ0n) is 17.5. The van der Waals surface area contributed by atoms with Gasteiger partial charge in [-0.15, -0.1) is 0 Å². The van der Waals surface area contributed by atoms with E-state index in [0.717, 1.165) is 0 Å². The van der Waals surface area contributed by atoms with E-state index in [-0.39, 0.29) is 24.5 Å². The van der Waals surface area contributed by atoms with E-state index in [1.165, 1.54) is 9.47 Å². The number of nitrogens with zero attached hydrogens (tertiary/aromatic N) is 2. The molecule has 0 unspecified atom stereocenters. The first kappa shape index (κ1) is 23.4. The fourth-order valence-corrected chi connectivity index (χ4v) is 3.37. The van der Waals surface area contributed by atoms with Crippen molar-refractivity contribution in [2.75, 3.05) is 24.7 Å². The number of para-hydroxylation sites is 1. The second kappa shape index (κ2) is 10.8. The summed E-state index contributed by atoms with van der Waals surface area (Å²) in [4.78, 5) is 28.2. The summed E-state index contributed by atoms with van der Waals surface area (Å²) < 4.78 is 7.14. The second-order valence-corrected chi connectivity index (χ2v) is 6.96. The van der Waals surface area contributed by atoms with Gasteiger partial charge in [-0.3, -0.25) is 9.59 Å². The van der Waals surface area contributed by atoms with Gasteiger partial charge in [0, 0.05) is 37.7 Å². The third-order valence-electron chi connectivity index (χ3n) is 4.61. The van der Waals surface area contributed by atoms with Gasteiger partial charge in [0.1, 0.15) is 11.3 Å². The predicted octanol–water partition coefficient (Wildman–Crippen LogP) is 2.15. The van der Waals surface area contributed by atoms with E-state index in [1.54, 1.807) is 38.3 Å². The Balaban J connectivity index is 2.86. The van der Waals surface area contributed by atoms with Crippen molar-refractivity contribution < 1.29 is 14.6 Å². The molecule has 1 heterocycles. The fourth-order valence-electron chi connectivity index (χ4n) is 3.05. The third-order valence-corrected chi connectivity index (χ3v) is 4.92. The van der Waals surface area contributed by atoms with E-state index >= 15 is 0 Å². The number of anilines is 1. The monoisotopic (exact) mass is 430 g/mol. The fraction of sp³-hybridized carbons (Fsp3) is 0.304. The minimum Gasteiger partial charge on any atom is -0.492 e. The summed E-state index contributed by atoms with van der Waals surface area (Å²) in [5.74, 6) is -0.409. The molecule has 0 aliphatic carbocycles. The van der Waals surface area contributed by atoms with Crippen molar-refractivity contribution in [3.8, 4) is 5.75 Å². The molecule has 0 radical (unpaired) electrons. The molecule has 7 heteroatoms. The standard InChI is InChI=1S/C23H27ClN2O4/c1-5-11-18(24)19-16(3)25(4)22(28)20(21(19)30-15-10-14-27)23(29)26(6-2)17-12-8-7-9-13-17/h5,7-9,11-13,27H,3,6,10,14-15H2,1-2,4H3/b11-5-,19-18-. The first-order valence-corrected chi connectivity index (χ1v) is 10.1. The van der Waals surface area contributed by atoms with Gasteiger partial charge < -0.3 is 19.3 Å². The number of carbonyl (C=O) groups excluding carboxylic acids is 1. The van der Waals surface area contributed by atoms with Gasteiger partial charge in [0.15, 0.2) is 0 Å². The molecule has 0 spiro atoms. The van der Waals surface area contributed by atoms with E-state index in [9.17, 15) is 9.59 Å². The smallest absolute Gasteiger partial charge is 0.267 e. The first-order chi connectivity index (χ1) is 14.4. The molecule has 1 amide bonds. The molecule has 0 aliphatic heterocycles. The minimum absolute atomic E-state index is 0.0824. The highest BCUT2D eigenvalue weighted by Gasteiger charge is 2.26. The highest BCUT2D eigenvalue weighted by Crippen LogP contribution is 2.19. The summed E-state index contributed by atoms with van der Waals surface area (Å²) in [5, 5.41) is 10.1. The maximum Gasteiger partial charge on any atom is 0.267 e. The molecule has 2 aromatic rings. The highest BCUT2D eigenvalue weighted by molar-refractivity contribution is 6.47. The first-order valence-electron chi connectivity index (χ1n) is 9.73. The molecule has 1 aromatic carbocycles. The number of aliphatic hydroxyl groups excluding tert-OH is 1. The van der Waals surface area contributed by atoms with Crippen LogP contribution >= 0.6 is 11.6 Å². The molecule has 1 N–H and O–H groups in total. The molecule has 2 rings (SSSR count). The van der Waals surface area contributed by atoms with Crippen LogP contribution in [0.2, 0.25) is 0 Å². The zero-order chi connectivity index (χ0) is 22.3. The Morgan fingerprint density at radius 2 is 2.00 bits per heavy atom. The van der Waals surface area contributed by atoms with Crippen LogP contribution in [0.15, 0.2) is 47.3 Å². The van der Waals surface area contributed by atoms with E-state index in [0.29, 0.717) is 34.3 Å². The number of amides is 1. The topological polar surface area (TPSA) is 71.8 Å². The van der Waals surface area contributed by atoms with E-state index < -0.39 is 11.5 Å². The van der Waals surface area contributed by atoms with Crippen LogP contribution < -0.4 is 25.8 Å². The average molecular weight is 431 g/mol. The molecule has 0 aliphatic rings. The Labute approximate surface area is 181 Å². The Hall–Kier alpha value is -2.83. The number of halogens is 1. The molecule has 0 fully saturated rings. The number of carbonyl (C=O) groups is 1. The number of benzene rings is 1. The van der Waals surface area contributed by atoms with Crippen molar-refractivity contribution in [1.29, 1.82) is 0 Å². The summed E-state index contributed by atoms with van der Waals surface area (Å²) in [7, 11) is 1.54. The van der Waals surface area contributed by atoms with Gasteiger partial charge in [-0.05, 0) is 32.1 Å². The lowest BCUT2D eigenvalue weighted by atomic mass is 10.1. The number of allylic oxidation sites excluding steroid dienone is 2. The minimum atomic E-state index is -0.521. The summed E-state index contributed by atoms with van der Waals surface area (Å²) in [5.41, 5.74) is 0.0235. The number of aromatic nitrogens is 1. The highest BCUT2D eigenvalue weighted by atomic mass is 35.5. The van der Waals surface area contributed by atoms with Crippen LogP contribution in [0, 0.1) is 0 Å². The molecule has 0 atom stereocenters.